The largest absolute Gasteiger partial charge is 0.499 e. The molecule has 0 aliphatic rings. The third-order valence-corrected chi connectivity index (χ3v) is 5.51. The predicted molar refractivity (Wildman–Crippen MR) is 163 cm³/mol. The molecular formula is C31H53NO11. The second-order valence-electron chi connectivity index (χ2n) is 8.93. The van der Waals surface area contributed by atoms with Crippen LogP contribution >= 0.6 is 0 Å². The van der Waals surface area contributed by atoms with Crippen LogP contribution in [0.4, 0.5) is 5.69 Å². The van der Waals surface area contributed by atoms with Crippen molar-refractivity contribution in [3.05, 3.63) is 42.7 Å². The number of benzene rings is 1. The SMILES string of the molecule is C=COCCOCCOCCOCCOCCOCCOCCOCCOCCOC(=O)c1ccc(NCCCC)cc1. The average molecular weight is 616 g/mol. The fraction of sp³-hybridized carbons (Fsp3) is 0.710. The quantitative estimate of drug-likeness (QED) is 0.0709. The Morgan fingerprint density at radius 1 is 0.605 bits per heavy atom. The third-order valence-electron chi connectivity index (χ3n) is 5.51. The molecule has 1 rings (SSSR count). The summed E-state index contributed by atoms with van der Waals surface area (Å²) in [6.07, 6.45) is 3.64. The summed E-state index contributed by atoms with van der Waals surface area (Å²) in [5, 5.41) is 3.32. The molecule has 0 fully saturated rings. The van der Waals surface area contributed by atoms with E-state index in [4.69, 9.17) is 47.4 Å². The Hall–Kier alpha value is -2.29. The van der Waals surface area contributed by atoms with Crippen LogP contribution in [0.2, 0.25) is 0 Å². The molecule has 0 amide bonds. The van der Waals surface area contributed by atoms with Crippen LogP contribution in [0, 0.1) is 0 Å². The second-order valence-corrected chi connectivity index (χ2v) is 8.93. The lowest BCUT2D eigenvalue weighted by Gasteiger charge is -2.09. The van der Waals surface area contributed by atoms with Gasteiger partial charge in [0.2, 0.25) is 0 Å². The first-order valence-corrected chi connectivity index (χ1v) is 15.1. The van der Waals surface area contributed by atoms with Gasteiger partial charge in [0, 0.05) is 12.2 Å². The lowest BCUT2D eigenvalue weighted by Crippen LogP contribution is -2.15. The molecule has 1 aromatic rings. The first kappa shape index (κ1) is 38.7. The number of hydrogen-bond acceptors (Lipinski definition) is 12. The molecule has 1 N–H and O–H groups in total. The molecule has 0 atom stereocenters. The highest BCUT2D eigenvalue weighted by molar-refractivity contribution is 5.89. The van der Waals surface area contributed by atoms with E-state index in [2.05, 4.69) is 18.8 Å². The summed E-state index contributed by atoms with van der Waals surface area (Å²) in [5.74, 6) is -0.360. The Morgan fingerprint density at radius 2 is 0.977 bits per heavy atom. The minimum absolute atomic E-state index is 0.192. The van der Waals surface area contributed by atoms with Gasteiger partial charge in [0.25, 0.3) is 0 Å². The highest BCUT2D eigenvalue weighted by atomic mass is 16.6. The Bertz CT molecular complexity index is 752. The van der Waals surface area contributed by atoms with E-state index in [1.807, 2.05) is 12.1 Å². The van der Waals surface area contributed by atoms with Gasteiger partial charge >= 0.3 is 5.97 Å². The number of nitrogens with one attached hydrogen (secondary N) is 1. The maximum atomic E-state index is 12.1. The highest BCUT2D eigenvalue weighted by Crippen LogP contribution is 2.10. The zero-order chi connectivity index (χ0) is 30.9. The van der Waals surface area contributed by atoms with Gasteiger partial charge in [-0.15, -0.1) is 0 Å². The van der Waals surface area contributed by atoms with Crippen molar-refractivity contribution in [3.63, 3.8) is 0 Å². The first-order valence-electron chi connectivity index (χ1n) is 15.1. The molecule has 0 radical (unpaired) electrons. The number of rotatable bonds is 33. The molecule has 0 saturated carbocycles. The van der Waals surface area contributed by atoms with E-state index in [1.54, 1.807) is 12.1 Å². The Morgan fingerprint density at radius 3 is 1.35 bits per heavy atom. The molecule has 0 heterocycles. The van der Waals surface area contributed by atoms with Crippen molar-refractivity contribution in [1.82, 2.24) is 0 Å². The van der Waals surface area contributed by atoms with Crippen LogP contribution < -0.4 is 5.32 Å². The molecule has 0 bridgehead atoms. The molecule has 0 aliphatic heterocycles. The first-order chi connectivity index (χ1) is 21.3. The molecule has 12 heteroatoms. The summed E-state index contributed by atoms with van der Waals surface area (Å²) in [6, 6.07) is 7.29. The summed E-state index contributed by atoms with van der Waals surface area (Å²) in [5.41, 5.74) is 1.52. The number of ether oxygens (including phenoxy) is 10. The molecule has 12 nitrogen and oxygen atoms in total. The van der Waals surface area contributed by atoms with Crippen molar-refractivity contribution in [3.8, 4) is 0 Å². The van der Waals surface area contributed by atoms with Gasteiger partial charge in [-0.3, -0.25) is 0 Å². The summed E-state index contributed by atoms with van der Waals surface area (Å²) in [4.78, 5) is 12.1. The van der Waals surface area contributed by atoms with Crippen LogP contribution in [-0.2, 0) is 47.4 Å². The minimum Gasteiger partial charge on any atom is -0.499 e. The van der Waals surface area contributed by atoms with Gasteiger partial charge in [-0.05, 0) is 30.7 Å². The van der Waals surface area contributed by atoms with Gasteiger partial charge in [0.15, 0.2) is 0 Å². The lowest BCUT2D eigenvalue weighted by molar-refractivity contribution is -0.0250. The molecule has 43 heavy (non-hydrogen) atoms. The van der Waals surface area contributed by atoms with E-state index in [1.165, 1.54) is 6.26 Å². The van der Waals surface area contributed by atoms with Gasteiger partial charge in [-0.2, -0.15) is 0 Å². The normalized spacial score (nSPS) is 11.0. The monoisotopic (exact) mass is 615 g/mol. The van der Waals surface area contributed by atoms with Crippen LogP contribution in [0.15, 0.2) is 37.1 Å². The number of carbonyl (C=O) groups is 1. The topological polar surface area (TPSA) is 121 Å². The van der Waals surface area contributed by atoms with Crippen LogP contribution in [0.25, 0.3) is 0 Å². The maximum absolute atomic E-state index is 12.1. The fourth-order valence-electron chi connectivity index (χ4n) is 3.24. The van der Waals surface area contributed by atoms with Crippen LogP contribution in [0.3, 0.4) is 0 Å². The number of unbranched alkanes of at least 4 members (excludes halogenated alkanes) is 1. The van der Waals surface area contributed by atoms with E-state index in [0.29, 0.717) is 118 Å². The molecule has 0 saturated heterocycles. The molecule has 1 aromatic carbocycles. The highest BCUT2D eigenvalue weighted by Gasteiger charge is 2.06. The summed E-state index contributed by atoms with van der Waals surface area (Å²) >= 11 is 0. The van der Waals surface area contributed by atoms with Gasteiger partial charge in [0.1, 0.15) is 13.2 Å². The van der Waals surface area contributed by atoms with E-state index < -0.39 is 0 Å². The van der Waals surface area contributed by atoms with E-state index in [-0.39, 0.29) is 12.6 Å². The number of hydrogen-bond donors (Lipinski definition) is 1. The number of carbonyl (C=O) groups excluding carboxylic acids is 1. The van der Waals surface area contributed by atoms with E-state index in [0.717, 1.165) is 25.1 Å². The summed E-state index contributed by atoms with van der Waals surface area (Å²) < 4.78 is 53.6. The standard InChI is InChI=1S/C31H53NO11/c1-3-5-10-32-30-8-6-29(7-9-30)31(33)43-28-27-42-26-25-41-24-23-40-22-21-39-20-19-38-18-17-37-16-15-36-14-13-35-12-11-34-4-2/h4,6-9,32H,2-3,5,10-28H2,1H3. The Labute approximate surface area is 257 Å². The van der Waals surface area contributed by atoms with E-state index in [9.17, 15) is 4.79 Å². The summed E-state index contributed by atoms with van der Waals surface area (Å²) in [7, 11) is 0. The van der Waals surface area contributed by atoms with Crippen molar-refractivity contribution in [2.24, 2.45) is 0 Å². The molecule has 0 aromatic heterocycles. The molecular weight excluding hydrogens is 562 g/mol. The lowest BCUT2D eigenvalue weighted by atomic mass is 10.2. The van der Waals surface area contributed by atoms with Gasteiger partial charge in [-0.1, -0.05) is 19.9 Å². The van der Waals surface area contributed by atoms with Crippen LogP contribution in [-0.4, -0.2) is 131 Å². The van der Waals surface area contributed by atoms with Gasteiger partial charge in [0.05, 0.1) is 118 Å². The predicted octanol–water partition coefficient (Wildman–Crippen LogP) is 3.35. The zero-order valence-electron chi connectivity index (χ0n) is 25.9. The van der Waals surface area contributed by atoms with Crippen molar-refractivity contribution >= 4 is 11.7 Å². The summed E-state index contributed by atoms with van der Waals surface area (Å²) in [6.45, 7) is 14.9. The number of esters is 1. The fourth-order valence-corrected chi connectivity index (χ4v) is 3.24. The second kappa shape index (κ2) is 31.1. The van der Waals surface area contributed by atoms with Crippen LogP contribution in [0.5, 0.6) is 0 Å². The van der Waals surface area contributed by atoms with Crippen molar-refractivity contribution in [2.45, 2.75) is 19.8 Å². The Kier molecular flexibility index (Phi) is 28.1. The third kappa shape index (κ3) is 25.9. The minimum atomic E-state index is -0.360. The van der Waals surface area contributed by atoms with Crippen molar-refractivity contribution in [2.75, 3.05) is 131 Å². The molecule has 0 spiro atoms. The average Bonchev–Trinajstić information content (AvgIpc) is 3.02. The van der Waals surface area contributed by atoms with Gasteiger partial charge in [-0.25, -0.2) is 4.79 Å². The maximum Gasteiger partial charge on any atom is 0.338 e. The van der Waals surface area contributed by atoms with E-state index >= 15 is 0 Å². The Balaban J connectivity index is 1.73. The van der Waals surface area contributed by atoms with Crippen molar-refractivity contribution in [1.29, 1.82) is 0 Å². The zero-order valence-corrected chi connectivity index (χ0v) is 25.9. The van der Waals surface area contributed by atoms with Crippen LogP contribution in [0.1, 0.15) is 30.1 Å². The smallest absolute Gasteiger partial charge is 0.338 e. The molecule has 0 unspecified atom stereocenters. The van der Waals surface area contributed by atoms with Crippen molar-refractivity contribution < 1.29 is 52.2 Å². The van der Waals surface area contributed by atoms with Gasteiger partial charge < -0.3 is 52.7 Å². The molecule has 248 valence electrons. The number of anilines is 1. The molecule has 0 aliphatic carbocycles.